The molecule has 4 aromatic rings. The Labute approximate surface area is 167 Å². The predicted octanol–water partition coefficient (Wildman–Crippen LogP) is 5.98. The Morgan fingerprint density at radius 3 is 2.67 bits per heavy atom. The molecule has 0 radical (unpaired) electrons. The van der Waals surface area contributed by atoms with E-state index in [0.717, 1.165) is 0 Å². The summed E-state index contributed by atoms with van der Waals surface area (Å²) in [6.45, 7) is 0. The number of para-hydroxylation sites is 1. The molecule has 0 spiro atoms. The number of aryl methyl sites for hydroxylation is 1. The fraction of sp³-hybridized carbons (Fsp3) is 0.0870. The fourth-order valence-corrected chi connectivity index (χ4v) is 5.72. The SMILES string of the molecule is CN1C(=CC=Cc2sc3ccc4ccccc4c3[n+]2C)Sc2ccccc21. The summed E-state index contributed by atoms with van der Waals surface area (Å²) in [5.74, 6) is 0. The van der Waals surface area contributed by atoms with Crippen LogP contribution in [0.2, 0.25) is 0 Å². The summed E-state index contributed by atoms with van der Waals surface area (Å²) in [4.78, 5) is 3.57. The zero-order valence-electron chi connectivity index (χ0n) is 15.2. The molecule has 1 aliphatic heterocycles. The van der Waals surface area contributed by atoms with E-state index in [9.17, 15) is 0 Å². The van der Waals surface area contributed by atoms with E-state index >= 15 is 0 Å². The van der Waals surface area contributed by atoms with Crippen LogP contribution in [-0.4, -0.2) is 7.05 Å². The number of rotatable bonds is 2. The van der Waals surface area contributed by atoms with E-state index in [2.05, 4.69) is 102 Å². The topological polar surface area (TPSA) is 7.12 Å². The molecule has 0 bridgehead atoms. The van der Waals surface area contributed by atoms with Gasteiger partial charge in [-0.05, 0) is 35.7 Å². The lowest BCUT2D eigenvalue weighted by atomic mass is 10.1. The van der Waals surface area contributed by atoms with Crippen molar-refractivity contribution in [3.05, 3.63) is 82.9 Å². The highest BCUT2D eigenvalue weighted by molar-refractivity contribution is 8.03. The average molecular weight is 388 g/mol. The van der Waals surface area contributed by atoms with E-state index in [1.54, 1.807) is 0 Å². The third-order valence-electron chi connectivity index (χ3n) is 4.99. The molecule has 0 fully saturated rings. The molecule has 132 valence electrons. The van der Waals surface area contributed by atoms with Gasteiger partial charge in [0.05, 0.1) is 16.1 Å². The van der Waals surface area contributed by atoms with Crippen LogP contribution < -0.4 is 9.47 Å². The largest absolute Gasteiger partial charge is 0.338 e. The molecule has 1 aliphatic rings. The summed E-state index contributed by atoms with van der Waals surface area (Å²) in [7, 11) is 4.29. The van der Waals surface area contributed by atoms with Gasteiger partial charge < -0.3 is 4.90 Å². The highest BCUT2D eigenvalue weighted by Crippen LogP contribution is 2.44. The predicted molar refractivity (Wildman–Crippen MR) is 118 cm³/mol. The van der Waals surface area contributed by atoms with E-state index in [1.807, 2.05) is 23.1 Å². The summed E-state index contributed by atoms with van der Waals surface area (Å²) in [5, 5.41) is 5.11. The minimum absolute atomic E-state index is 1.25. The van der Waals surface area contributed by atoms with Crippen LogP contribution in [0.5, 0.6) is 0 Å². The fourth-order valence-electron chi connectivity index (χ4n) is 3.58. The summed E-state index contributed by atoms with van der Waals surface area (Å²) in [6, 6.07) is 21.6. The minimum atomic E-state index is 1.25. The third-order valence-corrected chi connectivity index (χ3v) is 7.35. The Balaban J connectivity index is 1.50. The summed E-state index contributed by atoms with van der Waals surface area (Å²) in [6.07, 6.45) is 6.58. The van der Waals surface area contributed by atoms with E-state index in [-0.39, 0.29) is 0 Å². The first-order valence-electron chi connectivity index (χ1n) is 8.91. The number of thiazole rings is 1. The van der Waals surface area contributed by atoms with Crippen LogP contribution in [0, 0.1) is 0 Å². The van der Waals surface area contributed by atoms with E-state index in [4.69, 9.17) is 0 Å². The maximum Gasteiger partial charge on any atom is 0.262 e. The monoisotopic (exact) mass is 387 g/mol. The second-order valence-electron chi connectivity index (χ2n) is 6.63. The van der Waals surface area contributed by atoms with Gasteiger partial charge in [-0.3, -0.25) is 0 Å². The molecule has 0 unspecified atom stereocenters. The molecule has 4 heteroatoms. The van der Waals surface area contributed by atoms with Crippen molar-refractivity contribution in [2.24, 2.45) is 7.05 Å². The van der Waals surface area contributed by atoms with Gasteiger partial charge >= 0.3 is 0 Å². The van der Waals surface area contributed by atoms with Gasteiger partial charge in [0.15, 0.2) is 0 Å². The first kappa shape index (κ1) is 16.6. The van der Waals surface area contributed by atoms with Crippen LogP contribution in [-0.2, 0) is 7.05 Å². The quantitative estimate of drug-likeness (QED) is 0.391. The van der Waals surface area contributed by atoms with Gasteiger partial charge in [0.25, 0.3) is 5.01 Å². The molecule has 2 heterocycles. The van der Waals surface area contributed by atoms with Crippen molar-refractivity contribution in [2.45, 2.75) is 4.90 Å². The van der Waals surface area contributed by atoms with Crippen LogP contribution >= 0.6 is 23.1 Å². The molecule has 0 saturated heterocycles. The molecular weight excluding hydrogens is 368 g/mol. The van der Waals surface area contributed by atoms with Crippen LogP contribution in [0.3, 0.4) is 0 Å². The number of hydrogen-bond acceptors (Lipinski definition) is 3. The molecule has 0 amide bonds. The smallest absolute Gasteiger partial charge is 0.262 e. The van der Waals surface area contributed by atoms with Gasteiger partial charge in [-0.15, -0.1) is 0 Å². The summed E-state index contributed by atoms with van der Waals surface area (Å²) < 4.78 is 3.63. The number of fused-ring (bicyclic) bond motifs is 4. The molecule has 0 N–H and O–H groups in total. The standard InChI is InChI=1S/C23H19N2S2/c1-24-18-10-5-6-11-19(18)26-21(24)12-7-13-22-25(2)23-17-9-4-3-8-16(17)14-15-20(23)27-22/h3-15H,1-2H3/q+1. The lowest BCUT2D eigenvalue weighted by molar-refractivity contribution is -0.641. The highest BCUT2D eigenvalue weighted by atomic mass is 32.2. The van der Waals surface area contributed by atoms with Crippen LogP contribution in [0.1, 0.15) is 5.01 Å². The van der Waals surface area contributed by atoms with Gasteiger partial charge in [0.2, 0.25) is 5.52 Å². The maximum atomic E-state index is 2.30. The molecule has 0 atom stereocenters. The van der Waals surface area contributed by atoms with Gasteiger partial charge in [-0.25, -0.2) is 0 Å². The van der Waals surface area contributed by atoms with Crippen molar-refractivity contribution in [3.8, 4) is 0 Å². The van der Waals surface area contributed by atoms with Crippen molar-refractivity contribution in [1.82, 2.24) is 0 Å². The Bertz CT molecular complexity index is 1230. The first-order chi connectivity index (χ1) is 13.2. The zero-order valence-corrected chi connectivity index (χ0v) is 16.8. The molecule has 5 rings (SSSR count). The number of benzene rings is 3. The Morgan fingerprint density at radius 1 is 0.963 bits per heavy atom. The lowest BCUT2D eigenvalue weighted by Crippen LogP contribution is -2.29. The number of allylic oxidation sites excluding steroid dienone is 2. The summed E-state index contributed by atoms with van der Waals surface area (Å²) >= 11 is 3.66. The maximum absolute atomic E-state index is 2.30. The summed E-state index contributed by atoms with van der Waals surface area (Å²) in [5.41, 5.74) is 2.59. The number of anilines is 1. The van der Waals surface area contributed by atoms with Crippen LogP contribution in [0.4, 0.5) is 5.69 Å². The molecule has 0 aliphatic carbocycles. The minimum Gasteiger partial charge on any atom is -0.338 e. The molecule has 0 saturated carbocycles. The van der Waals surface area contributed by atoms with Crippen LogP contribution in [0.25, 0.3) is 27.1 Å². The number of thioether (sulfide) groups is 1. The van der Waals surface area contributed by atoms with Crippen molar-refractivity contribution in [1.29, 1.82) is 0 Å². The van der Waals surface area contributed by atoms with Crippen molar-refractivity contribution in [2.75, 3.05) is 11.9 Å². The molecule has 3 aromatic carbocycles. The van der Waals surface area contributed by atoms with E-state index in [1.165, 1.54) is 41.6 Å². The van der Waals surface area contributed by atoms with E-state index in [0.29, 0.717) is 0 Å². The van der Waals surface area contributed by atoms with Crippen molar-refractivity contribution < 1.29 is 4.57 Å². The zero-order chi connectivity index (χ0) is 18.4. The number of aromatic nitrogens is 1. The normalized spacial score (nSPS) is 15.5. The lowest BCUT2D eigenvalue weighted by Gasteiger charge is -2.12. The number of hydrogen-bond donors (Lipinski definition) is 0. The molecule has 1 aromatic heterocycles. The molecule has 27 heavy (non-hydrogen) atoms. The van der Waals surface area contributed by atoms with E-state index < -0.39 is 0 Å². The number of nitrogens with zero attached hydrogens (tertiary/aromatic N) is 2. The average Bonchev–Trinajstić information content (AvgIpc) is 3.20. The van der Waals surface area contributed by atoms with Gasteiger partial charge in [-0.2, -0.15) is 4.57 Å². The first-order valence-corrected chi connectivity index (χ1v) is 10.5. The van der Waals surface area contributed by atoms with Crippen molar-refractivity contribution in [3.63, 3.8) is 0 Å². The Hall–Kier alpha value is -2.56. The Morgan fingerprint density at radius 2 is 1.78 bits per heavy atom. The third kappa shape index (κ3) is 2.76. The van der Waals surface area contributed by atoms with Gasteiger partial charge in [0, 0.05) is 18.0 Å². The highest BCUT2D eigenvalue weighted by Gasteiger charge is 2.21. The van der Waals surface area contributed by atoms with Crippen LogP contribution in [0.15, 0.2) is 82.7 Å². The second-order valence-corrected chi connectivity index (χ2v) is 8.75. The van der Waals surface area contributed by atoms with Gasteiger partial charge in [0.1, 0.15) is 11.7 Å². The Kier molecular flexibility index (Phi) is 4.03. The van der Waals surface area contributed by atoms with Gasteiger partial charge in [-0.1, -0.05) is 65.6 Å². The molecule has 2 nitrogen and oxygen atoms in total. The second kappa shape index (κ2) is 6.55. The molecular formula is C23H19N2S2+. The van der Waals surface area contributed by atoms with Crippen molar-refractivity contribution >= 4 is 55.9 Å².